The fourth-order valence-corrected chi connectivity index (χ4v) is 1.96. The second kappa shape index (κ2) is 5.32. The normalized spacial score (nSPS) is 28.8. The van der Waals surface area contributed by atoms with E-state index in [2.05, 4.69) is 17.1 Å². The molecule has 0 aromatic heterocycles. The number of carbonyl (C=O) groups excluding carboxylic acids is 1. The van der Waals surface area contributed by atoms with Gasteiger partial charge >= 0.3 is 0 Å². The fraction of sp³-hybridized carbons (Fsp3) is 0.900. The molecule has 3 N–H and O–H groups in total. The van der Waals surface area contributed by atoms with Gasteiger partial charge in [-0.2, -0.15) is 0 Å². The molecular weight excluding hydrogens is 178 g/mol. The van der Waals surface area contributed by atoms with Crippen molar-refractivity contribution in [2.24, 2.45) is 17.6 Å². The van der Waals surface area contributed by atoms with Crippen LogP contribution in [0.5, 0.6) is 0 Å². The summed E-state index contributed by atoms with van der Waals surface area (Å²) < 4.78 is 0. The number of likely N-dealkylation sites (N-methyl/N-ethyl adjacent to an activating group) is 1. The second-order valence-corrected chi connectivity index (χ2v) is 4.17. The van der Waals surface area contributed by atoms with Gasteiger partial charge in [0, 0.05) is 13.6 Å². The van der Waals surface area contributed by atoms with Crippen LogP contribution in [0.15, 0.2) is 0 Å². The molecule has 0 saturated carbocycles. The Hall–Kier alpha value is -0.610. The van der Waals surface area contributed by atoms with Gasteiger partial charge < -0.3 is 11.1 Å². The lowest BCUT2D eigenvalue weighted by Crippen LogP contribution is -2.46. The molecule has 0 spiro atoms. The van der Waals surface area contributed by atoms with Gasteiger partial charge in [-0.3, -0.25) is 9.69 Å². The third-order valence-corrected chi connectivity index (χ3v) is 3.15. The third kappa shape index (κ3) is 2.96. The Morgan fingerprint density at radius 2 is 2.36 bits per heavy atom. The van der Waals surface area contributed by atoms with E-state index in [4.69, 9.17) is 5.73 Å². The Morgan fingerprint density at radius 3 is 2.93 bits per heavy atom. The number of piperidine rings is 1. The van der Waals surface area contributed by atoms with Gasteiger partial charge in [-0.1, -0.05) is 6.92 Å². The molecule has 1 saturated heterocycles. The molecule has 1 aliphatic rings. The molecule has 4 heteroatoms. The van der Waals surface area contributed by atoms with Crippen LogP contribution in [0, 0.1) is 11.8 Å². The summed E-state index contributed by atoms with van der Waals surface area (Å²) in [5.41, 5.74) is 5.69. The standard InChI is InChI=1S/C10H21N3O/c1-8-3-4-13(6-9(8)5-11)7-10(14)12-2/h8-9H,3-7,11H2,1-2H3,(H,12,14). The Morgan fingerprint density at radius 1 is 1.64 bits per heavy atom. The second-order valence-electron chi connectivity index (χ2n) is 4.17. The minimum absolute atomic E-state index is 0.0929. The first kappa shape index (κ1) is 11.5. The first-order chi connectivity index (χ1) is 6.67. The number of hydrogen-bond donors (Lipinski definition) is 2. The van der Waals surface area contributed by atoms with Crippen molar-refractivity contribution in [3.8, 4) is 0 Å². The Labute approximate surface area is 85.8 Å². The van der Waals surface area contributed by atoms with Crippen molar-refractivity contribution in [3.05, 3.63) is 0 Å². The van der Waals surface area contributed by atoms with Gasteiger partial charge in [0.25, 0.3) is 0 Å². The predicted molar refractivity (Wildman–Crippen MR) is 56.8 cm³/mol. The molecule has 0 aliphatic carbocycles. The van der Waals surface area contributed by atoms with Crippen LogP contribution in [0.4, 0.5) is 0 Å². The number of carbonyl (C=O) groups is 1. The molecule has 1 aliphatic heterocycles. The molecule has 82 valence electrons. The highest BCUT2D eigenvalue weighted by Gasteiger charge is 2.25. The van der Waals surface area contributed by atoms with E-state index in [1.165, 1.54) is 0 Å². The van der Waals surface area contributed by atoms with Crippen molar-refractivity contribution in [1.29, 1.82) is 0 Å². The zero-order valence-corrected chi connectivity index (χ0v) is 9.12. The van der Waals surface area contributed by atoms with Crippen LogP contribution in [-0.4, -0.2) is 44.0 Å². The molecule has 1 amide bonds. The molecule has 2 unspecified atom stereocenters. The van der Waals surface area contributed by atoms with Crippen molar-refractivity contribution in [1.82, 2.24) is 10.2 Å². The lowest BCUT2D eigenvalue weighted by Gasteiger charge is -2.35. The van der Waals surface area contributed by atoms with Crippen LogP contribution in [0.25, 0.3) is 0 Å². The van der Waals surface area contributed by atoms with Crippen molar-refractivity contribution in [2.75, 3.05) is 33.2 Å². The maximum absolute atomic E-state index is 11.2. The summed E-state index contributed by atoms with van der Waals surface area (Å²) in [7, 11) is 1.68. The quantitative estimate of drug-likeness (QED) is 0.653. The highest BCUT2D eigenvalue weighted by atomic mass is 16.1. The summed E-state index contributed by atoms with van der Waals surface area (Å²) in [5.74, 6) is 1.34. The van der Waals surface area contributed by atoms with Gasteiger partial charge in [-0.05, 0) is 31.3 Å². The number of likely N-dealkylation sites (tertiary alicyclic amines) is 1. The molecule has 1 fully saturated rings. The summed E-state index contributed by atoms with van der Waals surface area (Å²) in [5, 5.41) is 2.64. The SMILES string of the molecule is CNC(=O)CN1CCC(C)C(CN)C1. The van der Waals surface area contributed by atoms with Crippen molar-refractivity contribution < 1.29 is 4.79 Å². The molecule has 1 heterocycles. The largest absolute Gasteiger partial charge is 0.358 e. The van der Waals surface area contributed by atoms with E-state index in [1.54, 1.807) is 7.05 Å². The van der Waals surface area contributed by atoms with E-state index < -0.39 is 0 Å². The Balaban J connectivity index is 2.38. The smallest absolute Gasteiger partial charge is 0.233 e. The van der Waals surface area contributed by atoms with Crippen LogP contribution >= 0.6 is 0 Å². The van der Waals surface area contributed by atoms with Crippen molar-refractivity contribution in [3.63, 3.8) is 0 Å². The lowest BCUT2D eigenvalue weighted by atomic mass is 9.87. The summed E-state index contributed by atoms with van der Waals surface area (Å²) in [6, 6.07) is 0. The zero-order chi connectivity index (χ0) is 10.6. The molecule has 0 aromatic rings. The van der Waals surface area contributed by atoms with Crippen LogP contribution in [0.3, 0.4) is 0 Å². The Kier molecular flexibility index (Phi) is 4.35. The topological polar surface area (TPSA) is 58.4 Å². The van der Waals surface area contributed by atoms with Crippen molar-refractivity contribution in [2.45, 2.75) is 13.3 Å². The first-order valence-electron chi connectivity index (χ1n) is 5.30. The number of rotatable bonds is 3. The highest BCUT2D eigenvalue weighted by molar-refractivity contribution is 5.77. The maximum atomic E-state index is 11.2. The zero-order valence-electron chi connectivity index (χ0n) is 9.12. The van der Waals surface area contributed by atoms with Crippen molar-refractivity contribution >= 4 is 5.91 Å². The molecule has 1 rings (SSSR count). The van der Waals surface area contributed by atoms with E-state index in [1.807, 2.05) is 0 Å². The summed E-state index contributed by atoms with van der Waals surface area (Å²) in [6.07, 6.45) is 1.15. The van der Waals surface area contributed by atoms with Gasteiger partial charge in [0.1, 0.15) is 0 Å². The summed E-state index contributed by atoms with van der Waals surface area (Å²) >= 11 is 0. The van der Waals surface area contributed by atoms with Gasteiger partial charge in [0.15, 0.2) is 0 Å². The van der Waals surface area contributed by atoms with E-state index in [0.29, 0.717) is 18.4 Å². The van der Waals surface area contributed by atoms with Gasteiger partial charge in [-0.15, -0.1) is 0 Å². The van der Waals surface area contributed by atoms with E-state index >= 15 is 0 Å². The lowest BCUT2D eigenvalue weighted by molar-refractivity contribution is -0.122. The highest BCUT2D eigenvalue weighted by Crippen LogP contribution is 2.21. The minimum Gasteiger partial charge on any atom is -0.358 e. The minimum atomic E-state index is 0.0929. The van der Waals surface area contributed by atoms with E-state index in [0.717, 1.165) is 26.1 Å². The molecular formula is C10H21N3O. The summed E-state index contributed by atoms with van der Waals surface area (Å²) in [6.45, 7) is 5.47. The van der Waals surface area contributed by atoms with Gasteiger partial charge in [-0.25, -0.2) is 0 Å². The number of nitrogens with two attached hydrogens (primary N) is 1. The third-order valence-electron chi connectivity index (χ3n) is 3.15. The number of hydrogen-bond acceptors (Lipinski definition) is 3. The molecule has 0 bridgehead atoms. The Bertz CT molecular complexity index is 196. The van der Waals surface area contributed by atoms with Crippen LogP contribution < -0.4 is 11.1 Å². The fourth-order valence-electron chi connectivity index (χ4n) is 1.96. The van der Waals surface area contributed by atoms with Gasteiger partial charge in [0.2, 0.25) is 5.91 Å². The average molecular weight is 199 g/mol. The summed E-state index contributed by atoms with van der Waals surface area (Å²) in [4.78, 5) is 13.4. The molecule has 4 nitrogen and oxygen atoms in total. The predicted octanol–water partition coefficient (Wildman–Crippen LogP) is -0.351. The number of nitrogens with one attached hydrogen (secondary N) is 1. The van der Waals surface area contributed by atoms with Crippen LogP contribution in [-0.2, 0) is 4.79 Å². The maximum Gasteiger partial charge on any atom is 0.233 e. The number of amides is 1. The van der Waals surface area contributed by atoms with Crippen LogP contribution in [0.1, 0.15) is 13.3 Å². The average Bonchev–Trinajstić information content (AvgIpc) is 2.20. The van der Waals surface area contributed by atoms with Gasteiger partial charge in [0.05, 0.1) is 6.54 Å². The number of nitrogens with zero attached hydrogens (tertiary/aromatic N) is 1. The molecule has 0 radical (unpaired) electrons. The molecule has 0 aromatic carbocycles. The monoisotopic (exact) mass is 199 g/mol. The molecule has 2 atom stereocenters. The first-order valence-corrected chi connectivity index (χ1v) is 5.30. The molecule has 14 heavy (non-hydrogen) atoms. The van der Waals surface area contributed by atoms with E-state index in [-0.39, 0.29) is 5.91 Å². The van der Waals surface area contributed by atoms with E-state index in [9.17, 15) is 4.79 Å². The van der Waals surface area contributed by atoms with Crippen LogP contribution in [0.2, 0.25) is 0 Å².